The molecule has 1 aromatic heterocycles. The quantitative estimate of drug-likeness (QED) is 0.219. The summed E-state index contributed by atoms with van der Waals surface area (Å²) in [6.07, 6.45) is -2.68. The number of nitrogen functional groups attached to an aromatic ring is 1. The van der Waals surface area contributed by atoms with Gasteiger partial charge in [0.2, 0.25) is 0 Å². The highest BCUT2D eigenvalue weighted by Crippen LogP contribution is 2.38. The first kappa shape index (κ1) is 17.4. The molecule has 2 rings (SSSR count). The minimum atomic E-state index is -4.78. The molecule has 0 aliphatic carbocycles. The number of phosphoric acid groups is 1. The Kier molecular flexibility index (Phi) is 5.02. The molecule has 23 heavy (non-hydrogen) atoms. The molecular formula is C9H13N6O7P. The topological polar surface area (TPSA) is 206 Å². The summed E-state index contributed by atoms with van der Waals surface area (Å²) in [4.78, 5) is 35.2. The van der Waals surface area contributed by atoms with Crippen LogP contribution in [0.25, 0.3) is 10.4 Å². The van der Waals surface area contributed by atoms with Crippen molar-refractivity contribution in [3.8, 4) is 0 Å². The predicted molar refractivity (Wildman–Crippen MR) is 73.8 cm³/mol. The summed E-state index contributed by atoms with van der Waals surface area (Å²) >= 11 is 0. The molecule has 1 aliphatic heterocycles. The van der Waals surface area contributed by atoms with E-state index in [1.165, 1.54) is 12.3 Å². The summed E-state index contributed by atoms with van der Waals surface area (Å²) in [7, 11) is -4.78. The molecule has 0 bridgehead atoms. The molecular weight excluding hydrogens is 335 g/mol. The van der Waals surface area contributed by atoms with Crippen LogP contribution in [0.15, 0.2) is 22.2 Å². The predicted octanol–water partition coefficient (Wildman–Crippen LogP) is -1.13. The van der Waals surface area contributed by atoms with Crippen molar-refractivity contribution >= 4 is 13.6 Å². The third-order valence-electron chi connectivity index (χ3n) is 3.05. The Morgan fingerprint density at radius 1 is 1.61 bits per heavy atom. The third kappa shape index (κ3) is 4.06. The average Bonchev–Trinajstić information content (AvgIpc) is 2.74. The summed E-state index contributed by atoms with van der Waals surface area (Å²) in [5.41, 5.74) is 13.1. The zero-order valence-electron chi connectivity index (χ0n) is 11.4. The molecule has 0 saturated carbocycles. The number of ether oxygens (including phenoxy) is 1. The van der Waals surface area contributed by atoms with E-state index >= 15 is 0 Å². The molecule has 4 atom stereocenters. The zero-order chi connectivity index (χ0) is 17.2. The van der Waals surface area contributed by atoms with E-state index in [1.54, 1.807) is 0 Å². The molecule has 1 saturated heterocycles. The van der Waals surface area contributed by atoms with Crippen LogP contribution < -0.4 is 11.4 Å². The number of azide groups is 1. The second-order valence-corrected chi connectivity index (χ2v) is 5.82. The lowest BCUT2D eigenvalue weighted by Gasteiger charge is -2.17. The largest absolute Gasteiger partial charge is 0.469 e. The summed E-state index contributed by atoms with van der Waals surface area (Å²) in [6.45, 7) is -0.670. The van der Waals surface area contributed by atoms with E-state index in [0.717, 1.165) is 4.57 Å². The highest BCUT2D eigenvalue weighted by molar-refractivity contribution is 7.46. The fraction of sp³-hybridized carbons (Fsp3) is 0.556. The van der Waals surface area contributed by atoms with Crippen molar-refractivity contribution in [2.45, 2.75) is 24.5 Å². The van der Waals surface area contributed by atoms with Crippen LogP contribution in [-0.2, 0) is 13.8 Å². The first-order valence-corrected chi connectivity index (χ1v) is 7.68. The van der Waals surface area contributed by atoms with Crippen LogP contribution in [0, 0.1) is 0 Å². The number of nitrogens with zero attached hydrogens (tertiary/aromatic N) is 5. The van der Waals surface area contributed by atoms with Gasteiger partial charge in [-0.05, 0) is 11.6 Å². The molecule has 0 radical (unpaired) electrons. The molecule has 1 aliphatic rings. The van der Waals surface area contributed by atoms with E-state index in [-0.39, 0.29) is 5.82 Å². The molecule has 1 fully saturated rings. The smallest absolute Gasteiger partial charge is 0.390 e. The maximum Gasteiger partial charge on any atom is 0.469 e. The molecule has 0 unspecified atom stereocenters. The minimum Gasteiger partial charge on any atom is -0.390 e. The van der Waals surface area contributed by atoms with Gasteiger partial charge >= 0.3 is 13.5 Å². The number of aliphatic hydroxyl groups excluding tert-OH is 1. The van der Waals surface area contributed by atoms with Crippen LogP contribution in [0.3, 0.4) is 0 Å². The zero-order valence-corrected chi connectivity index (χ0v) is 12.3. The van der Waals surface area contributed by atoms with Gasteiger partial charge in [0.1, 0.15) is 24.2 Å². The van der Waals surface area contributed by atoms with Gasteiger partial charge in [-0.25, -0.2) is 9.36 Å². The van der Waals surface area contributed by atoms with Gasteiger partial charge in [-0.15, -0.1) is 0 Å². The summed E-state index contributed by atoms with van der Waals surface area (Å²) in [5, 5.41) is 13.4. The lowest BCUT2D eigenvalue weighted by molar-refractivity contribution is -0.0456. The van der Waals surface area contributed by atoms with Gasteiger partial charge in [-0.3, -0.25) is 9.09 Å². The van der Waals surface area contributed by atoms with E-state index in [0.29, 0.717) is 0 Å². The van der Waals surface area contributed by atoms with E-state index in [4.69, 9.17) is 25.8 Å². The minimum absolute atomic E-state index is 0.0356. The standard InChI is InChI=1S/C9H13N6O7P/c10-5-1-2-15(9(17)12-5)8-6(13-14-11)7(16)4(22-8)3-21-23(18,19)20/h1-2,4,6-8,16H,3H2,(H2,10,12,17)(H2,18,19,20)/t4-,6-,7-,8-/m1/s1. The van der Waals surface area contributed by atoms with Crippen molar-refractivity contribution in [2.75, 3.05) is 12.3 Å². The lowest BCUT2D eigenvalue weighted by Crippen LogP contribution is -2.35. The van der Waals surface area contributed by atoms with Crippen molar-refractivity contribution in [1.29, 1.82) is 0 Å². The highest BCUT2D eigenvalue weighted by atomic mass is 31.2. The van der Waals surface area contributed by atoms with Gasteiger partial charge in [-0.2, -0.15) is 4.98 Å². The number of hydrogen-bond acceptors (Lipinski definition) is 8. The second kappa shape index (κ2) is 6.64. The van der Waals surface area contributed by atoms with E-state index in [9.17, 15) is 14.5 Å². The third-order valence-corrected chi connectivity index (χ3v) is 3.54. The first-order chi connectivity index (χ1) is 10.7. The van der Waals surface area contributed by atoms with E-state index < -0.39 is 44.6 Å². The molecule has 126 valence electrons. The summed E-state index contributed by atoms with van der Waals surface area (Å²) in [6, 6.07) is 0.0672. The highest BCUT2D eigenvalue weighted by Gasteiger charge is 2.45. The van der Waals surface area contributed by atoms with Crippen molar-refractivity contribution in [3.05, 3.63) is 33.2 Å². The Morgan fingerprint density at radius 2 is 2.30 bits per heavy atom. The van der Waals surface area contributed by atoms with Gasteiger partial charge < -0.3 is 25.4 Å². The van der Waals surface area contributed by atoms with Crippen molar-refractivity contribution < 1.29 is 28.7 Å². The van der Waals surface area contributed by atoms with Crippen LogP contribution in [-0.4, -0.2) is 49.3 Å². The fourth-order valence-corrected chi connectivity index (χ4v) is 2.41. The SMILES string of the molecule is [N-]=[N+]=N[C@@H]1[C@H](O)[C@@H](COP(=O)(O)O)O[C@H]1n1ccc(N)nc1=O. The van der Waals surface area contributed by atoms with Crippen LogP contribution in [0.1, 0.15) is 6.23 Å². The molecule has 14 heteroatoms. The number of phosphoric ester groups is 1. The number of anilines is 1. The lowest BCUT2D eigenvalue weighted by atomic mass is 10.1. The number of aliphatic hydroxyl groups is 1. The molecule has 5 N–H and O–H groups in total. The van der Waals surface area contributed by atoms with Crippen LogP contribution in [0.4, 0.5) is 5.82 Å². The number of aromatic nitrogens is 2. The van der Waals surface area contributed by atoms with Gasteiger partial charge in [0.15, 0.2) is 0 Å². The van der Waals surface area contributed by atoms with Crippen LogP contribution in [0.2, 0.25) is 0 Å². The van der Waals surface area contributed by atoms with Crippen LogP contribution >= 0.6 is 7.82 Å². The molecule has 1 aromatic rings. The average molecular weight is 348 g/mol. The molecule has 2 heterocycles. The van der Waals surface area contributed by atoms with Gasteiger partial charge in [0.05, 0.1) is 12.7 Å². The number of nitrogens with two attached hydrogens (primary N) is 1. The Hall–Kier alpha value is -1.98. The Morgan fingerprint density at radius 3 is 2.87 bits per heavy atom. The maximum absolute atomic E-state index is 11.8. The van der Waals surface area contributed by atoms with E-state index in [1.807, 2.05) is 0 Å². The Bertz CT molecular complexity index is 727. The van der Waals surface area contributed by atoms with Crippen molar-refractivity contribution in [2.24, 2.45) is 5.11 Å². The van der Waals surface area contributed by atoms with Crippen molar-refractivity contribution in [1.82, 2.24) is 9.55 Å². The van der Waals surface area contributed by atoms with E-state index in [2.05, 4.69) is 19.5 Å². The normalized spacial score (nSPS) is 27.6. The fourth-order valence-electron chi connectivity index (χ4n) is 2.07. The number of rotatable bonds is 5. The van der Waals surface area contributed by atoms with Gasteiger partial charge in [0, 0.05) is 11.1 Å². The monoisotopic (exact) mass is 348 g/mol. The van der Waals surface area contributed by atoms with Gasteiger partial charge in [0.25, 0.3) is 0 Å². The summed E-state index contributed by atoms with van der Waals surface area (Å²) < 4.78 is 21.3. The van der Waals surface area contributed by atoms with Crippen LogP contribution in [0.5, 0.6) is 0 Å². The summed E-state index contributed by atoms with van der Waals surface area (Å²) in [5.74, 6) is -0.0356. The first-order valence-electron chi connectivity index (χ1n) is 6.15. The second-order valence-electron chi connectivity index (χ2n) is 4.58. The Labute approximate surface area is 128 Å². The van der Waals surface area contributed by atoms with Crippen molar-refractivity contribution in [3.63, 3.8) is 0 Å². The van der Waals surface area contributed by atoms with Gasteiger partial charge in [-0.1, -0.05) is 5.11 Å². The number of hydrogen-bond donors (Lipinski definition) is 4. The molecule has 0 spiro atoms. The molecule has 0 aromatic carbocycles. The maximum atomic E-state index is 11.8. The molecule has 0 amide bonds. The molecule has 13 nitrogen and oxygen atoms in total. The Balaban J connectivity index is 2.29.